The molecule has 2 rings (SSSR count). The number of hydrogen-bond acceptors (Lipinski definition) is 5. The maximum Gasteiger partial charge on any atom is 0.264 e. The van der Waals surface area contributed by atoms with Gasteiger partial charge in [0, 0.05) is 5.54 Å². The maximum atomic E-state index is 12.4. The highest BCUT2D eigenvalue weighted by molar-refractivity contribution is 7.93. The van der Waals surface area contributed by atoms with Crippen molar-refractivity contribution in [2.45, 2.75) is 36.1 Å². The molecule has 25 heavy (non-hydrogen) atoms. The third kappa shape index (κ3) is 5.32. The number of benzene rings is 1. The van der Waals surface area contributed by atoms with Crippen LogP contribution in [-0.4, -0.2) is 22.4 Å². The molecule has 0 spiro atoms. The fraction of sp³-hybridized carbons (Fsp3) is 0.286. The zero-order chi connectivity index (χ0) is 19.0. The van der Waals surface area contributed by atoms with Crippen LogP contribution in [0.1, 0.15) is 20.8 Å². The summed E-state index contributed by atoms with van der Waals surface area (Å²) in [6, 6.07) is 6.72. The highest BCUT2D eigenvalue weighted by atomic mass is 35.5. The SMILES string of the molecule is CC(C)(C)NS(=O)(=O)c1cccc(NS(=O)(=O)c2cc(Cl)sc2Cl)c1. The fourth-order valence-electron chi connectivity index (χ4n) is 1.91. The molecular formula is C14H16Cl2N2O4S3. The molecule has 0 aliphatic carbocycles. The van der Waals surface area contributed by atoms with Crippen molar-refractivity contribution in [1.29, 1.82) is 0 Å². The Labute approximate surface area is 161 Å². The van der Waals surface area contributed by atoms with E-state index in [1.54, 1.807) is 20.8 Å². The molecule has 1 aromatic heterocycles. The first-order valence-electron chi connectivity index (χ1n) is 6.92. The number of hydrogen-bond donors (Lipinski definition) is 2. The monoisotopic (exact) mass is 442 g/mol. The first-order chi connectivity index (χ1) is 11.3. The lowest BCUT2D eigenvalue weighted by atomic mass is 10.1. The van der Waals surface area contributed by atoms with E-state index in [9.17, 15) is 16.8 Å². The second-order valence-corrected chi connectivity index (χ2v) is 11.8. The molecule has 1 aromatic carbocycles. The van der Waals surface area contributed by atoms with Gasteiger partial charge in [0.1, 0.15) is 9.23 Å². The Morgan fingerprint density at radius 1 is 1.00 bits per heavy atom. The van der Waals surface area contributed by atoms with Crippen molar-refractivity contribution in [2.24, 2.45) is 0 Å². The molecule has 0 bridgehead atoms. The molecule has 0 saturated heterocycles. The maximum absolute atomic E-state index is 12.4. The Kier molecular flexibility index (Phi) is 5.77. The molecule has 0 aliphatic rings. The molecule has 0 saturated carbocycles. The molecule has 0 aliphatic heterocycles. The van der Waals surface area contributed by atoms with Crippen molar-refractivity contribution >= 4 is 60.3 Å². The van der Waals surface area contributed by atoms with Crippen LogP contribution in [-0.2, 0) is 20.0 Å². The van der Waals surface area contributed by atoms with Gasteiger partial charge in [-0.3, -0.25) is 4.72 Å². The summed E-state index contributed by atoms with van der Waals surface area (Å²) in [5.41, 5.74) is -0.579. The predicted octanol–water partition coefficient (Wildman–Crippen LogP) is 3.93. The van der Waals surface area contributed by atoms with Crippen molar-refractivity contribution in [3.8, 4) is 0 Å². The summed E-state index contributed by atoms with van der Waals surface area (Å²) in [6.07, 6.45) is 0. The van der Waals surface area contributed by atoms with E-state index < -0.39 is 25.6 Å². The van der Waals surface area contributed by atoms with Gasteiger partial charge >= 0.3 is 0 Å². The number of anilines is 1. The van der Waals surface area contributed by atoms with E-state index in [1.165, 1.54) is 30.3 Å². The highest BCUT2D eigenvalue weighted by Gasteiger charge is 2.24. The molecular weight excluding hydrogens is 427 g/mol. The quantitative estimate of drug-likeness (QED) is 0.733. The number of halogens is 2. The Balaban J connectivity index is 2.35. The summed E-state index contributed by atoms with van der Waals surface area (Å²) in [6.45, 7) is 5.12. The van der Waals surface area contributed by atoms with Crippen LogP contribution in [0.3, 0.4) is 0 Å². The molecule has 11 heteroatoms. The van der Waals surface area contributed by atoms with E-state index in [-0.39, 0.29) is 24.2 Å². The van der Waals surface area contributed by atoms with Crippen LogP contribution in [0.2, 0.25) is 8.67 Å². The number of sulfonamides is 2. The predicted molar refractivity (Wildman–Crippen MR) is 102 cm³/mol. The van der Waals surface area contributed by atoms with Crippen LogP contribution in [0.4, 0.5) is 5.69 Å². The summed E-state index contributed by atoms with van der Waals surface area (Å²) >= 11 is 12.6. The zero-order valence-electron chi connectivity index (χ0n) is 13.5. The normalized spacial score (nSPS) is 13.0. The molecule has 6 nitrogen and oxygen atoms in total. The summed E-state index contributed by atoms with van der Waals surface area (Å²) in [7, 11) is -7.79. The molecule has 0 unspecified atom stereocenters. The minimum Gasteiger partial charge on any atom is -0.280 e. The molecule has 0 amide bonds. The van der Waals surface area contributed by atoms with Crippen LogP contribution in [0.15, 0.2) is 40.1 Å². The minimum absolute atomic E-state index is 0.0238. The van der Waals surface area contributed by atoms with E-state index in [4.69, 9.17) is 23.2 Å². The summed E-state index contributed by atoms with van der Waals surface area (Å²) in [5, 5.41) is 0. The number of rotatable bonds is 5. The Morgan fingerprint density at radius 3 is 2.16 bits per heavy atom. The van der Waals surface area contributed by atoms with Crippen molar-refractivity contribution in [1.82, 2.24) is 4.72 Å². The van der Waals surface area contributed by atoms with Crippen LogP contribution >= 0.6 is 34.5 Å². The standard InChI is InChI=1S/C14H16Cl2N2O4S3/c1-14(2,3)18-24(19,20)10-6-4-5-9(7-10)17-25(21,22)11-8-12(15)23-13(11)16/h4-8,17-18H,1-3H3. The van der Waals surface area contributed by atoms with Gasteiger partial charge in [0.25, 0.3) is 10.0 Å². The molecule has 0 atom stereocenters. The first kappa shape index (κ1) is 20.5. The zero-order valence-corrected chi connectivity index (χ0v) is 17.5. The lowest BCUT2D eigenvalue weighted by Gasteiger charge is -2.20. The molecule has 0 radical (unpaired) electrons. The average Bonchev–Trinajstić information content (AvgIpc) is 2.76. The Hall–Kier alpha value is -0.840. The van der Waals surface area contributed by atoms with Gasteiger partial charge in [-0.15, -0.1) is 11.3 Å². The smallest absolute Gasteiger partial charge is 0.264 e. The second kappa shape index (κ2) is 7.05. The first-order valence-corrected chi connectivity index (χ1v) is 11.5. The van der Waals surface area contributed by atoms with E-state index in [2.05, 4.69) is 9.44 Å². The summed E-state index contributed by atoms with van der Waals surface area (Å²) in [5.74, 6) is 0. The van der Waals surface area contributed by atoms with Crippen molar-refractivity contribution < 1.29 is 16.8 Å². The third-order valence-corrected chi connectivity index (χ3v) is 7.64. The number of thiophene rings is 1. The largest absolute Gasteiger partial charge is 0.280 e. The lowest BCUT2D eigenvalue weighted by Crippen LogP contribution is -2.40. The molecule has 138 valence electrons. The van der Waals surface area contributed by atoms with Gasteiger partial charge < -0.3 is 0 Å². The van der Waals surface area contributed by atoms with E-state index in [1.807, 2.05) is 0 Å². The second-order valence-electron chi connectivity index (χ2n) is 6.18. The summed E-state index contributed by atoms with van der Waals surface area (Å²) in [4.78, 5) is -0.220. The van der Waals surface area contributed by atoms with Crippen LogP contribution in [0.25, 0.3) is 0 Å². The van der Waals surface area contributed by atoms with Crippen molar-refractivity contribution in [2.75, 3.05) is 4.72 Å². The van der Waals surface area contributed by atoms with Gasteiger partial charge in [0.2, 0.25) is 10.0 Å². The fourth-order valence-corrected chi connectivity index (χ4v) is 6.57. The molecule has 1 heterocycles. The Morgan fingerprint density at radius 2 is 1.64 bits per heavy atom. The van der Waals surface area contributed by atoms with Crippen LogP contribution in [0.5, 0.6) is 0 Å². The third-order valence-electron chi connectivity index (χ3n) is 2.75. The van der Waals surface area contributed by atoms with Crippen LogP contribution in [0, 0.1) is 0 Å². The molecule has 2 aromatic rings. The highest BCUT2D eigenvalue weighted by Crippen LogP contribution is 2.35. The van der Waals surface area contributed by atoms with Gasteiger partial charge in [-0.25, -0.2) is 21.6 Å². The van der Waals surface area contributed by atoms with Crippen LogP contribution < -0.4 is 9.44 Å². The van der Waals surface area contributed by atoms with Crippen molar-refractivity contribution in [3.63, 3.8) is 0 Å². The number of nitrogens with one attached hydrogen (secondary N) is 2. The summed E-state index contributed by atoms with van der Waals surface area (Å²) < 4.78 is 54.6. The molecule has 2 N–H and O–H groups in total. The van der Waals surface area contributed by atoms with E-state index in [0.717, 1.165) is 11.3 Å². The van der Waals surface area contributed by atoms with Gasteiger partial charge in [-0.2, -0.15) is 0 Å². The van der Waals surface area contributed by atoms with Gasteiger partial charge in [-0.1, -0.05) is 29.3 Å². The minimum atomic E-state index is -3.99. The van der Waals surface area contributed by atoms with Gasteiger partial charge in [0.05, 0.1) is 14.9 Å². The van der Waals surface area contributed by atoms with Crippen molar-refractivity contribution in [3.05, 3.63) is 39.0 Å². The lowest BCUT2D eigenvalue weighted by molar-refractivity contribution is 0.491. The van der Waals surface area contributed by atoms with E-state index >= 15 is 0 Å². The van der Waals surface area contributed by atoms with Gasteiger partial charge in [-0.05, 0) is 45.0 Å². The topological polar surface area (TPSA) is 92.3 Å². The van der Waals surface area contributed by atoms with Gasteiger partial charge in [0.15, 0.2) is 0 Å². The Bertz CT molecular complexity index is 993. The average molecular weight is 443 g/mol. The molecule has 0 fully saturated rings. The van der Waals surface area contributed by atoms with E-state index in [0.29, 0.717) is 0 Å².